The number of rotatable bonds is 11. The maximum atomic E-state index is 10.3. The van der Waals surface area contributed by atoms with Gasteiger partial charge in [0.2, 0.25) is 0 Å². The SMILES string of the molecule is C=C(CCCOCCOCCS(=O)(=O)O)C(=O)[O-].[K+]. The summed E-state index contributed by atoms with van der Waals surface area (Å²) in [6, 6.07) is 0. The molecule has 0 atom stereocenters. The van der Waals surface area contributed by atoms with Gasteiger partial charge in [-0.3, -0.25) is 4.55 Å². The molecule has 1 N–H and O–H groups in total. The first-order valence-corrected chi connectivity index (χ1v) is 6.93. The molecule has 7 nitrogen and oxygen atoms in total. The average Bonchev–Trinajstić information content (AvgIpc) is 2.24. The van der Waals surface area contributed by atoms with Crippen molar-refractivity contribution in [3.8, 4) is 0 Å². The number of hydrogen-bond donors (Lipinski definition) is 1. The van der Waals surface area contributed by atoms with Crippen molar-refractivity contribution in [2.24, 2.45) is 0 Å². The van der Waals surface area contributed by atoms with E-state index >= 15 is 0 Å². The number of carbonyl (C=O) groups is 1. The van der Waals surface area contributed by atoms with Gasteiger partial charge in [0.25, 0.3) is 10.1 Å². The van der Waals surface area contributed by atoms with Crippen LogP contribution in [0.15, 0.2) is 12.2 Å². The van der Waals surface area contributed by atoms with Crippen LogP contribution in [0.3, 0.4) is 0 Å². The van der Waals surface area contributed by atoms with E-state index in [2.05, 4.69) is 6.58 Å². The second-order valence-corrected chi connectivity index (χ2v) is 5.08. The quantitative estimate of drug-likeness (QED) is 0.179. The summed E-state index contributed by atoms with van der Waals surface area (Å²) in [5.41, 5.74) is 0.0306. The molecular formula is C10H17KO7S. The van der Waals surface area contributed by atoms with E-state index in [4.69, 9.17) is 14.0 Å². The Kier molecular flexibility index (Phi) is 14.4. The molecule has 19 heavy (non-hydrogen) atoms. The number of aliphatic carboxylic acids is 1. The Labute approximate surface area is 155 Å². The zero-order valence-electron chi connectivity index (χ0n) is 11.0. The summed E-state index contributed by atoms with van der Waals surface area (Å²) in [7, 11) is -3.98. The van der Waals surface area contributed by atoms with E-state index in [-0.39, 0.29) is 76.8 Å². The van der Waals surface area contributed by atoms with Crippen molar-refractivity contribution in [2.45, 2.75) is 12.8 Å². The number of carboxylic acids is 1. The Bertz CT molecular complexity index is 366. The maximum Gasteiger partial charge on any atom is 1.00 e. The fourth-order valence-electron chi connectivity index (χ4n) is 0.976. The third-order valence-corrected chi connectivity index (χ3v) is 2.60. The topological polar surface area (TPSA) is 113 Å². The second-order valence-electron chi connectivity index (χ2n) is 3.51. The van der Waals surface area contributed by atoms with E-state index in [0.29, 0.717) is 19.4 Å². The largest absolute Gasteiger partial charge is 1.00 e. The standard InChI is InChI=1S/C10H18O7S.K/c1-9(10(11)12)3-2-4-16-5-6-17-7-8-18(13,14)15;/h1-8H2,(H,11,12)(H,13,14,15);/q;+1/p-1. The summed E-state index contributed by atoms with van der Waals surface area (Å²) >= 11 is 0. The Morgan fingerprint density at radius 3 is 2.16 bits per heavy atom. The molecule has 0 amide bonds. The minimum atomic E-state index is -3.98. The van der Waals surface area contributed by atoms with Crippen LogP contribution in [-0.4, -0.2) is 51.1 Å². The van der Waals surface area contributed by atoms with Gasteiger partial charge in [0.05, 0.1) is 31.5 Å². The van der Waals surface area contributed by atoms with Gasteiger partial charge in [0.1, 0.15) is 0 Å². The molecule has 0 aliphatic carbocycles. The van der Waals surface area contributed by atoms with Gasteiger partial charge in [-0.25, -0.2) is 0 Å². The molecule has 0 radical (unpaired) electrons. The molecule has 0 saturated heterocycles. The van der Waals surface area contributed by atoms with E-state index in [9.17, 15) is 18.3 Å². The predicted octanol–water partition coefficient (Wildman–Crippen LogP) is -4.00. The molecule has 0 aliphatic heterocycles. The number of hydrogen-bond acceptors (Lipinski definition) is 6. The van der Waals surface area contributed by atoms with Crippen molar-refractivity contribution in [1.29, 1.82) is 0 Å². The summed E-state index contributed by atoms with van der Waals surface area (Å²) in [4.78, 5) is 10.3. The van der Waals surface area contributed by atoms with E-state index in [0.717, 1.165) is 0 Å². The van der Waals surface area contributed by atoms with Crippen LogP contribution in [0, 0.1) is 0 Å². The monoisotopic (exact) mass is 320 g/mol. The van der Waals surface area contributed by atoms with E-state index in [1.165, 1.54) is 0 Å². The first kappa shape index (κ1) is 22.0. The van der Waals surface area contributed by atoms with Crippen LogP contribution in [0.1, 0.15) is 12.8 Å². The summed E-state index contributed by atoms with van der Waals surface area (Å²) in [5, 5.41) is 10.3. The number of carboxylic acid groups (broad SMARTS) is 1. The molecule has 0 spiro atoms. The molecule has 0 aromatic rings. The van der Waals surface area contributed by atoms with Crippen molar-refractivity contribution in [3.05, 3.63) is 12.2 Å². The van der Waals surface area contributed by atoms with Gasteiger partial charge in [-0.2, -0.15) is 8.42 Å². The Hall–Kier alpha value is 0.676. The second kappa shape index (κ2) is 12.4. The van der Waals surface area contributed by atoms with Gasteiger partial charge < -0.3 is 19.4 Å². The van der Waals surface area contributed by atoms with Crippen LogP contribution in [0.4, 0.5) is 0 Å². The summed E-state index contributed by atoms with van der Waals surface area (Å²) in [6.07, 6.45) is 0.809. The van der Waals surface area contributed by atoms with Gasteiger partial charge in [0.15, 0.2) is 0 Å². The Morgan fingerprint density at radius 2 is 1.68 bits per heavy atom. The molecule has 0 rings (SSSR count). The summed E-state index contributed by atoms with van der Waals surface area (Å²) in [5.74, 6) is -1.71. The molecule has 9 heteroatoms. The molecule has 0 fully saturated rings. The fourth-order valence-corrected chi connectivity index (χ4v) is 1.30. The van der Waals surface area contributed by atoms with Crippen LogP contribution in [-0.2, 0) is 24.4 Å². The van der Waals surface area contributed by atoms with Gasteiger partial charge in [0, 0.05) is 6.61 Å². The third-order valence-electron chi connectivity index (χ3n) is 1.91. The summed E-state index contributed by atoms with van der Waals surface area (Å²) in [6.45, 7) is 4.05. The van der Waals surface area contributed by atoms with Gasteiger partial charge >= 0.3 is 51.4 Å². The Balaban J connectivity index is 0. The third kappa shape index (κ3) is 16.6. The molecule has 0 saturated carbocycles. The van der Waals surface area contributed by atoms with Crippen LogP contribution < -0.4 is 56.5 Å². The van der Waals surface area contributed by atoms with Crippen LogP contribution >= 0.6 is 0 Å². The first-order valence-electron chi connectivity index (χ1n) is 5.32. The minimum Gasteiger partial charge on any atom is -0.545 e. The maximum absolute atomic E-state index is 10.3. The molecular weight excluding hydrogens is 303 g/mol. The van der Waals surface area contributed by atoms with Crippen LogP contribution in [0.2, 0.25) is 0 Å². The fraction of sp³-hybridized carbons (Fsp3) is 0.700. The first-order chi connectivity index (χ1) is 8.33. The molecule has 0 heterocycles. The number of carbonyl (C=O) groups excluding carboxylic acids is 1. The van der Waals surface area contributed by atoms with Crippen LogP contribution in [0.5, 0.6) is 0 Å². The number of ether oxygens (including phenoxy) is 2. The van der Waals surface area contributed by atoms with Gasteiger partial charge in [-0.05, 0) is 18.4 Å². The van der Waals surface area contributed by atoms with Crippen molar-refractivity contribution < 1.29 is 83.7 Å². The van der Waals surface area contributed by atoms with Gasteiger partial charge in [-0.1, -0.05) is 6.58 Å². The molecule has 0 aromatic heterocycles. The summed E-state index contributed by atoms with van der Waals surface area (Å²) < 4.78 is 39.0. The van der Waals surface area contributed by atoms with E-state index < -0.39 is 21.8 Å². The van der Waals surface area contributed by atoms with Crippen molar-refractivity contribution in [2.75, 3.05) is 32.2 Å². The van der Waals surface area contributed by atoms with E-state index in [1.54, 1.807) is 0 Å². The van der Waals surface area contributed by atoms with Crippen molar-refractivity contribution >= 4 is 16.1 Å². The minimum absolute atomic E-state index is 0. The molecule has 0 aromatic carbocycles. The smallest absolute Gasteiger partial charge is 0.545 e. The molecule has 106 valence electrons. The normalized spacial score (nSPS) is 10.8. The van der Waals surface area contributed by atoms with E-state index in [1.807, 2.05) is 0 Å². The zero-order valence-corrected chi connectivity index (χ0v) is 14.9. The molecule has 0 aliphatic rings. The van der Waals surface area contributed by atoms with Crippen molar-refractivity contribution in [3.63, 3.8) is 0 Å². The molecule has 0 unspecified atom stereocenters. The van der Waals surface area contributed by atoms with Gasteiger partial charge in [-0.15, -0.1) is 0 Å². The zero-order chi connectivity index (χ0) is 14.0. The molecule has 0 bridgehead atoms. The van der Waals surface area contributed by atoms with Crippen molar-refractivity contribution in [1.82, 2.24) is 0 Å². The predicted molar refractivity (Wildman–Crippen MR) is 61.4 cm³/mol. The van der Waals surface area contributed by atoms with Crippen LogP contribution in [0.25, 0.3) is 0 Å². The average molecular weight is 320 g/mol. The Morgan fingerprint density at radius 1 is 1.16 bits per heavy atom.